The van der Waals surface area contributed by atoms with Gasteiger partial charge in [-0.1, -0.05) is 30.3 Å². The number of benzene rings is 1. The zero-order chi connectivity index (χ0) is 16.4. The Morgan fingerprint density at radius 3 is 2.50 bits per heavy atom. The van der Waals surface area contributed by atoms with E-state index in [4.69, 9.17) is 9.94 Å². The number of hydrogen-bond donors (Lipinski definition) is 3. The van der Waals surface area contributed by atoms with E-state index in [9.17, 15) is 9.59 Å². The standard InChI is InChI=1S/C16H22N2O4/c1-15(2,3)22-14(20)17-16(13(19)18-21)10-12(16)9-11-7-5-4-6-8-11/h4-8,12,21H,9-10H2,1-3H3,(H,17,20)(H,18,19). The molecule has 6 nitrogen and oxygen atoms in total. The Kier molecular flexibility index (Phi) is 4.42. The van der Waals surface area contributed by atoms with Crippen LogP contribution in [0, 0.1) is 5.92 Å². The van der Waals surface area contributed by atoms with E-state index >= 15 is 0 Å². The molecule has 2 amide bonds. The first-order valence-corrected chi connectivity index (χ1v) is 7.26. The number of hydroxylamine groups is 1. The number of nitrogens with one attached hydrogen (secondary N) is 2. The van der Waals surface area contributed by atoms with Gasteiger partial charge in [-0.25, -0.2) is 10.3 Å². The second kappa shape index (κ2) is 5.96. The molecule has 22 heavy (non-hydrogen) atoms. The molecule has 3 N–H and O–H groups in total. The first kappa shape index (κ1) is 16.3. The lowest BCUT2D eigenvalue weighted by molar-refractivity contribution is -0.133. The van der Waals surface area contributed by atoms with Crippen LogP contribution in [0.1, 0.15) is 32.8 Å². The third kappa shape index (κ3) is 3.76. The average molecular weight is 306 g/mol. The predicted octanol–water partition coefficient (Wildman–Crippen LogP) is 2.02. The molecule has 1 aliphatic rings. The van der Waals surface area contributed by atoms with E-state index in [1.165, 1.54) is 0 Å². The molecule has 0 spiro atoms. The van der Waals surface area contributed by atoms with Crippen LogP contribution in [0.4, 0.5) is 4.79 Å². The first-order chi connectivity index (χ1) is 10.3. The molecule has 6 heteroatoms. The van der Waals surface area contributed by atoms with E-state index in [0.29, 0.717) is 12.8 Å². The minimum atomic E-state index is -1.10. The fourth-order valence-corrected chi connectivity index (χ4v) is 2.55. The second-order valence-corrected chi connectivity index (χ2v) is 6.63. The van der Waals surface area contributed by atoms with Gasteiger partial charge in [-0.15, -0.1) is 0 Å². The van der Waals surface area contributed by atoms with Crippen molar-refractivity contribution in [1.29, 1.82) is 0 Å². The smallest absolute Gasteiger partial charge is 0.408 e. The molecule has 1 aromatic rings. The summed E-state index contributed by atoms with van der Waals surface area (Å²) in [5.74, 6) is -0.686. The highest BCUT2D eigenvalue weighted by molar-refractivity contribution is 5.92. The maximum absolute atomic E-state index is 12.0. The van der Waals surface area contributed by atoms with Crippen LogP contribution < -0.4 is 10.8 Å². The molecule has 1 aliphatic carbocycles. The van der Waals surface area contributed by atoms with Gasteiger partial charge in [0.05, 0.1) is 0 Å². The van der Waals surface area contributed by atoms with Gasteiger partial charge in [0.25, 0.3) is 5.91 Å². The van der Waals surface area contributed by atoms with Gasteiger partial charge in [-0.05, 0) is 45.1 Å². The summed E-state index contributed by atoms with van der Waals surface area (Å²) < 4.78 is 5.20. The lowest BCUT2D eigenvalue weighted by Gasteiger charge is -2.23. The summed E-state index contributed by atoms with van der Waals surface area (Å²) in [6, 6.07) is 9.70. The average Bonchev–Trinajstić information content (AvgIpc) is 3.10. The number of ether oxygens (including phenoxy) is 1. The third-order valence-electron chi connectivity index (χ3n) is 3.66. The van der Waals surface area contributed by atoms with Crippen LogP contribution in [0.5, 0.6) is 0 Å². The number of carbonyl (C=O) groups excluding carboxylic acids is 2. The highest BCUT2D eigenvalue weighted by atomic mass is 16.6. The molecule has 0 radical (unpaired) electrons. The van der Waals surface area contributed by atoms with Crippen molar-refractivity contribution in [2.45, 2.75) is 44.8 Å². The highest BCUT2D eigenvalue weighted by Crippen LogP contribution is 2.46. The molecule has 1 aromatic carbocycles. The van der Waals surface area contributed by atoms with Crippen LogP contribution >= 0.6 is 0 Å². The van der Waals surface area contributed by atoms with Crippen LogP contribution in [0.2, 0.25) is 0 Å². The zero-order valence-electron chi connectivity index (χ0n) is 13.1. The minimum Gasteiger partial charge on any atom is -0.444 e. The summed E-state index contributed by atoms with van der Waals surface area (Å²) in [6.07, 6.45) is 0.448. The SMILES string of the molecule is CC(C)(C)OC(=O)NC1(C(=O)NO)CC1Cc1ccccc1. The zero-order valence-corrected chi connectivity index (χ0v) is 13.1. The summed E-state index contributed by atoms with van der Waals surface area (Å²) >= 11 is 0. The van der Waals surface area contributed by atoms with Gasteiger partial charge >= 0.3 is 6.09 Å². The van der Waals surface area contributed by atoms with Gasteiger partial charge in [-0.2, -0.15) is 0 Å². The van der Waals surface area contributed by atoms with Crippen LogP contribution in [0.15, 0.2) is 30.3 Å². The van der Waals surface area contributed by atoms with Gasteiger partial charge in [0.15, 0.2) is 0 Å². The van der Waals surface area contributed by atoms with Crippen molar-refractivity contribution in [1.82, 2.24) is 10.8 Å². The van der Waals surface area contributed by atoms with Gasteiger partial charge in [0.2, 0.25) is 0 Å². The molecular formula is C16H22N2O4. The van der Waals surface area contributed by atoms with Crippen LogP contribution in [-0.4, -0.2) is 28.3 Å². The number of carbonyl (C=O) groups is 2. The Bertz CT molecular complexity index is 553. The van der Waals surface area contributed by atoms with Gasteiger partial charge < -0.3 is 10.1 Å². The summed E-state index contributed by atoms with van der Waals surface area (Å²) in [5.41, 5.74) is 0.965. The summed E-state index contributed by atoms with van der Waals surface area (Å²) in [6.45, 7) is 5.25. The van der Waals surface area contributed by atoms with E-state index in [0.717, 1.165) is 5.56 Å². The number of alkyl carbamates (subject to hydrolysis) is 1. The minimum absolute atomic E-state index is 0.0745. The van der Waals surface area contributed by atoms with E-state index in [1.807, 2.05) is 30.3 Å². The second-order valence-electron chi connectivity index (χ2n) is 6.63. The van der Waals surface area contributed by atoms with Crippen molar-refractivity contribution in [3.05, 3.63) is 35.9 Å². The molecular weight excluding hydrogens is 284 g/mol. The first-order valence-electron chi connectivity index (χ1n) is 7.26. The molecule has 0 aromatic heterocycles. The predicted molar refractivity (Wildman–Crippen MR) is 80.3 cm³/mol. The lowest BCUT2D eigenvalue weighted by Crippen LogP contribution is -2.51. The van der Waals surface area contributed by atoms with Gasteiger partial charge in [0.1, 0.15) is 11.1 Å². The van der Waals surface area contributed by atoms with Crippen LogP contribution in [0.3, 0.4) is 0 Å². The van der Waals surface area contributed by atoms with Crippen LogP contribution in [0.25, 0.3) is 0 Å². The largest absolute Gasteiger partial charge is 0.444 e. The van der Waals surface area contributed by atoms with E-state index < -0.39 is 23.1 Å². The molecule has 0 saturated heterocycles. The van der Waals surface area contributed by atoms with Crippen molar-refractivity contribution >= 4 is 12.0 Å². The molecule has 0 aliphatic heterocycles. The van der Waals surface area contributed by atoms with Gasteiger partial charge in [-0.3, -0.25) is 10.0 Å². The van der Waals surface area contributed by atoms with Gasteiger partial charge in [0, 0.05) is 0 Å². The van der Waals surface area contributed by atoms with E-state index in [2.05, 4.69) is 5.32 Å². The van der Waals surface area contributed by atoms with E-state index in [1.54, 1.807) is 26.3 Å². The lowest BCUT2D eigenvalue weighted by atomic mass is 10.0. The molecule has 1 fully saturated rings. The molecule has 2 rings (SSSR count). The topological polar surface area (TPSA) is 87.7 Å². The molecule has 120 valence electrons. The van der Waals surface area contributed by atoms with Crippen molar-refractivity contribution in [2.24, 2.45) is 5.92 Å². The number of amides is 2. The molecule has 2 unspecified atom stereocenters. The highest BCUT2D eigenvalue weighted by Gasteiger charge is 2.61. The molecule has 0 heterocycles. The van der Waals surface area contributed by atoms with Crippen molar-refractivity contribution in [3.8, 4) is 0 Å². The Balaban J connectivity index is 2.05. The fraction of sp³-hybridized carbons (Fsp3) is 0.500. The Morgan fingerprint density at radius 1 is 1.32 bits per heavy atom. The maximum Gasteiger partial charge on any atom is 0.408 e. The van der Waals surface area contributed by atoms with Crippen molar-refractivity contribution in [3.63, 3.8) is 0 Å². The molecule has 0 bridgehead atoms. The number of rotatable bonds is 4. The Hall–Kier alpha value is -2.08. The van der Waals surface area contributed by atoms with Crippen molar-refractivity contribution in [2.75, 3.05) is 0 Å². The normalized spacial score (nSPS) is 23.5. The van der Waals surface area contributed by atoms with Crippen molar-refractivity contribution < 1.29 is 19.5 Å². The molecule has 2 atom stereocenters. The Morgan fingerprint density at radius 2 is 1.95 bits per heavy atom. The quantitative estimate of drug-likeness (QED) is 0.586. The maximum atomic E-state index is 12.0. The Labute approximate surface area is 129 Å². The summed E-state index contributed by atoms with van der Waals surface area (Å²) in [4.78, 5) is 23.9. The summed E-state index contributed by atoms with van der Waals surface area (Å²) in [7, 11) is 0. The fourth-order valence-electron chi connectivity index (χ4n) is 2.55. The third-order valence-corrected chi connectivity index (χ3v) is 3.66. The summed E-state index contributed by atoms with van der Waals surface area (Å²) in [5, 5.41) is 11.6. The molecule has 1 saturated carbocycles. The number of hydrogen-bond acceptors (Lipinski definition) is 4. The van der Waals surface area contributed by atoms with Crippen LogP contribution in [-0.2, 0) is 16.0 Å². The monoisotopic (exact) mass is 306 g/mol. The van der Waals surface area contributed by atoms with E-state index in [-0.39, 0.29) is 5.92 Å².